The Labute approximate surface area is 139 Å². The molecule has 0 spiro atoms. The molecule has 0 saturated heterocycles. The molecule has 132 valence electrons. The predicted octanol–water partition coefficient (Wildman–Crippen LogP) is 2.05. The summed E-state index contributed by atoms with van der Waals surface area (Å²) in [5.74, 6) is -0.391. The number of amides is 2. The fraction of sp³-hybridized carbons (Fsp3) is 0.588. The minimum absolute atomic E-state index is 0.0178. The van der Waals surface area contributed by atoms with Gasteiger partial charge in [-0.2, -0.15) is 0 Å². The molecule has 5 nitrogen and oxygen atoms in total. The van der Waals surface area contributed by atoms with E-state index in [4.69, 9.17) is 4.74 Å². The van der Waals surface area contributed by atoms with Gasteiger partial charge >= 0.3 is 6.03 Å². The number of aliphatic hydroxyl groups is 1. The van der Waals surface area contributed by atoms with Gasteiger partial charge in [-0.3, -0.25) is 0 Å². The number of aliphatic hydroxyl groups excluding tert-OH is 1. The first-order valence-electron chi connectivity index (χ1n) is 8.31. The van der Waals surface area contributed by atoms with Crippen LogP contribution < -0.4 is 15.4 Å². The van der Waals surface area contributed by atoms with E-state index >= 15 is 0 Å². The molecule has 0 aromatic heterocycles. The average Bonchev–Trinajstić information content (AvgIpc) is 3.14. The largest absolute Gasteiger partial charge is 0.489 e. The van der Waals surface area contributed by atoms with Gasteiger partial charge in [0, 0.05) is 24.6 Å². The van der Waals surface area contributed by atoms with E-state index in [-0.39, 0.29) is 43.5 Å². The smallest absolute Gasteiger partial charge is 0.315 e. The van der Waals surface area contributed by atoms with Gasteiger partial charge in [0.05, 0.1) is 6.54 Å². The summed E-state index contributed by atoms with van der Waals surface area (Å²) >= 11 is 0. The Morgan fingerprint density at radius 3 is 2.83 bits per heavy atom. The molecule has 2 bridgehead atoms. The monoisotopic (exact) mass is 340 g/mol. The molecule has 2 aliphatic rings. The molecule has 1 aromatic carbocycles. The minimum atomic E-state index is -0.771. The SMILES string of the molecule is O=C(NCCOc1ccc(F)cc1F)NC1C2CCC(C2)C1CO. The van der Waals surface area contributed by atoms with E-state index in [2.05, 4.69) is 10.6 Å². The van der Waals surface area contributed by atoms with Crippen LogP contribution in [0.1, 0.15) is 19.3 Å². The number of hydrogen-bond donors (Lipinski definition) is 3. The van der Waals surface area contributed by atoms with Gasteiger partial charge in [-0.1, -0.05) is 0 Å². The summed E-state index contributed by atoms with van der Waals surface area (Å²) in [5.41, 5.74) is 0. The second-order valence-corrected chi connectivity index (χ2v) is 6.53. The number of nitrogens with one attached hydrogen (secondary N) is 2. The Hall–Kier alpha value is -1.89. The molecule has 7 heteroatoms. The summed E-state index contributed by atoms with van der Waals surface area (Å²) in [5, 5.41) is 15.1. The van der Waals surface area contributed by atoms with Gasteiger partial charge in [0.1, 0.15) is 12.4 Å². The Bertz CT molecular complexity index is 599. The number of ether oxygens (including phenoxy) is 1. The van der Waals surface area contributed by atoms with Crippen molar-refractivity contribution in [1.29, 1.82) is 0 Å². The van der Waals surface area contributed by atoms with Crippen molar-refractivity contribution in [3.8, 4) is 5.75 Å². The van der Waals surface area contributed by atoms with Gasteiger partial charge < -0.3 is 20.5 Å². The van der Waals surface area contributed by atoms with Crippen molar-refractivity contribution in [3.05, 3.63) is 29.8 Å². The van der Waals surface area contributed by atoms with Gasteiger partial charge in [-0.25, -0.2) is 13.6 Å². The zero-order valence-electron chi connectivity index (χ0n) is 13.3. The molecule has 2 fully saturated rings. The van der Waals surface area contributed by atoms with Gasteiger partial charge in [0.25, 0.3) is 0 Å². The average molecular weight is 340 g/mol. The predicted molar refractivity (Wildman–Crippen MR) is 83.6 cm³/mol. The fourth-order valence-corrected chi connectivity index (χ4v) is 4.02. The summed E-state index contributed by atoms with van der Waals surface area (Å²) < 4.78 is 31.3. The number of rotatable bonds is 6. The van der Waals surface area contributed by atoms with Crippen molar-refractivity contribution < 1.29 is 23.4 Å². The van der Waals surface area contributed by atoms with E-state index in [0.717, 1.165) is 31.4 Å². The molecule has 4 unspecified atom stereocenters. The first-order valence-corrected chi connectivity index (χ1v) is 8.31. The van der Waals surface area contributed by atoms with Crippen molar-refractivity contribution in [2.75, 3.05) is 19.8 Å². The number of urea groups is 1. The molecule has 0 radical (unpaired) electrons. The van der Waals surface area contributed by atoms with Crippen molar-refractivity contribution >= 4 is 6.03 Å². The maximum absolute atomic E-state index is 13.4. The van der Waals surface area contributed by atoms with Crippen molar-refractivity contribution in [2.24, 2.45) is 17.8 Å². The van der Waals surface area contributed by atoms with E-state index in [0.29, 0.717) is 11.8 Å². The molecule has 0 heterocycles. The van der Waals surface area contributed by atoms with Crippen molar-refractivity contribution in [3.63, 3.8) is 0 Å². The van der Waals surface area contributed by atoms with E-state index in [1.54, 1.807) is 0 Å². The highest BCUT2D eigenvalue weighted by molar-refractivity contribution is 5.74. The minimum Gasteiger partial charge on any atom is -0.489 e. The normalized spacial score (nSPS) is 28.0. The second kappa shape index (κ2) is 7.34. The third-order valence-corrected chi connectivity index (χ3v) is 5.14. The summed E-state index contributed by atoms with van der Waals surface area (Å²) in [4.78, 5) is 12.0. The lowest BCUT2D eigenvalue weighted by molar-refractivity contribution is 0.144. The van der Waals surface area contributed by atoms with Crippen molar-refractivity contribution in [1.82, 2.24) is 10.6 Å². The molecule has 2 saturated carbocycles. The van der Waals surface area contributed by atoms with Crippen molar-refractivity contribution in [2.45, 2.75) is 25.3 Å². The topological polar surface area (TPSA) is 70.6 Å². The number of carbonyl (C=O) groups excluding carboxylic acids is 1. The molecule has 1 aromatic rings. The quantitative estimate of drug-likeness (QED) is 0.694. The maximum atomic E-state index is 13.4. The number of benzene rings is 1. The summed E-state index contributed by atoms with van der Waals surface area (Å²) in [7, 11) is 0. The number of fused-ring (bicyclic) bond motifs is 2. The standard InChI is InChI=1S/C17H22F2N2O3/c18-12-3-4-15(14(19)8-12)24-6-5-20-17(23)21-16-11-2-1-10(7-11)13(16)9-22/h3-4,8,10-11,13,16,22H,1-2,5-7,9H2,(H2,20,21,23). The Morgan fingerprint density at radius 2 is 2.08 bits per heavy atom. The van der Waals surface area contributed by atoms with Crippen LogP contribution in [0.25, 0.3) is 0 Å². The molecule has 2 amide bonds. The van der Waals surface area contributed by atoms with Crippen LogP contribution >= 0.6 is 0 Å². The second-order valence-electron chi connectivity index (χ2n) is 6.53. The molecular weight excluding hydrogens is 318 g/mol. The van der Waals surface area contributed by atoms with E-state index in [9.17, 15) is 18.7 Å². The first-order chi connectivity index (χ1) is 11.6. The highest BCUT2D eigenvalue weighted by Gasteiger charge is 2.47. The molecule has 0 aliphatic heterocycles. The van der Waals surface area contributed by atoms with E-state index in [1.807, 2.05) is 0 Å². The van der Waals surface area contributed by atoms with Gasteiger partial charge in [-0.05, 0) is 43.2 Å². The third-order valence-electron chi connectivity index (χ3n) is 5.14. The number of hydrogen-bond acceptors (Lipinski definition) is 3. The van der Waals surface area contributed by atoms with Gasteiger partial charge in [0.15, 0.2) is 11.6 Å². The van der Waals surface area contributed by atoms with Crippen LogP contribution in [0.15, 0.2) is 18.2 Å². The van der Waals surface area contributed by atoms with Crippen LogP contribution in [0.2, 0.25) is 0 Å². The lowest BCUT2D eigenvalue weighted by Gasteiger charge is -2.30. The highest BCUT2D eigenvalue weighted by atomic mass is 19.1. The summed E-state index contributed by atoms with van der Waals surface area (Å²) in [6.45, 7) is 0.377. The Balaban J connectivity index is 1.40. The molecule has 4 atom stereocenters. The summed E-state index contributed by atoms with van der Waals surface area (Å²) in [6.07, 6.45) is 3.30. The summed E-state index contributed by atoms with van der Waals surface area (Å²) in [6, 6.07) is 2.78. The van der Waals surface area contributed by atoms with Crippen LogP contribution in [0, 0.1) is 29.4 Å². The van der Waals surface area contributed by atoms with E-state index in [1.165, 1.54) is 6.07 Å². The van der Waals surface area contributed by atoms with Crippen LogP contribution in [-0.2, 0) is 0 Å². The van der Waals surface area contributed by atoms with Gasteiger partial charge in [-0.15, -0.1) is 0 Å². The van der Waals surface area contributed by atoms with Crippen LogP contribution in [0.4, 0.5) is 13.6 Å². The highest BCUT2D eigenvalue weighted by Crippen LogP contribution is 2.48. The Morgan fingerprint density at radius 1 is 1.29 bits per heavy atom. The van der Waals surface area contributed by atoms with E-state index < -0.39 is 11.6 Å². The van der Waals surface area contributed by atoms with Crippen LogP contribution in [-0.4, -0.2) is 36.9 Å². The van der Waals surface area contributed by atoms with Crippen LogP contribution in [0.3, 0.4) is 0 Å². The lowest BCUT2D eigenvalue weighted by atomic mass is 9.85. The molecule has 3 N–H and O–H groups in total. The molecular formula is C17H22F2N2O3. The fourth-order valence-electron chi connectivity index (χ4n) is 4.02. The zero-order chi connectivity index (χ0) is 17.1. The van der Waals surface area contributed by atoms with Gasteiger partial charge in [0.2, 0.25) is 0 Å². The maximum Gasteiger partial charge on any atom is 0.315 e. The van der Waals surface area contributed by atoms with Crippen LogP contribution in [0.5, 0.6) is 5.75 Å². The Kier molecular flexibility index (Phi) is 5.18. The number of carbonyl (C=O) groups is 1. The third kappa shape index (κ3) is 3.61. The molecule has 3 rings (SSSR count). The lowest BCUT2D eigenvalue weighted by Crippen LogP contribution is -2.49. The molecule has 24 heavy (non-hydrogen) atoms. The number of halogens is 2. The first kappa shape index (κ1) is 17.0. The molecule has 2 aliphatic carbocycles. The zero-order valence-corrected chi connectivity index (χ0v) is 13.3.